The summed E-state index contributed by atoms with van der Waals surface area (Å²) in [5.41, 5.74) is 3.62. The third kappa shape index (κ3) is 4.17. The van der Waals surface area contributed by atoms with Gasteiger partial charge < -0.3 is 14.4 Å². The second-order valence-corrected chi connectivity index (χ2v) is 8.13. The van der Waals surface area contributed by atoms with Crippen LogP contribution in [-0.2, 0) is 11.2 Å². The minimum absolute atomic E-state index is 0.127. The van der Waals surface area contributed by atoms with Crippen molar-refractivity contribution in [3.05, 3.63) is 87.7 Å². The van der Waals surface area contributed by atoms with E-state index in [0.717, 1.165) is 16.7 Å². The van der Waals surface area contributed by atoms with Gasteiger partial charge in [-0.25, -0.2) is 4.39 Å². The Labute approximate surface area is 192 Å². The Morgan fingerprint density at radius 2 is 1.75 bits per heavy atom. The minimum Gasteiger partial charge on any atom is -0.490 e. The smallest absolute Gasteiger partial charge is 0.232 e. The van der Waals surface area contributed by atoms with Gasteiger partial charge in [-0.05, 0) is 79.4 Å². The van der Waals surface area contributed by atoms with Gasteiger partial charge in [-0.1, -0.05) is 29.8 Å². The number of hydrogen-bond acceptors (Lipinski definition) is 3. The van der Waals surface area contributed by atoms with Crippen LogP contribution in [0.25, 0.3) is 0 Å². The van der Waals surface area contributed by atoms with Gasteiger partial charge in [0.1, 0.15) is 5.82 Å². The maximum atomic E-state index is 14.5. The molecule has 0 aromatic heterocycles. The molecular formula is C26H25ClFNO3. The van der Waals surface area contributed by atoms with Crippen LogP contribution in [0.15, 0.2) is 54.6 Å². The van der Waals surface area contributed by atoms with Crippen molar-refractivity contribution >= 4 is 23.2 Å². The summed E-state index contributed by atoms with van der Waals surface area (Å²) in [6.07, 6.45) is 0.175. The predicted molar refractivity (Wildman–Crippen MR) is 124 cm³/mol. The summed E-state index contributed by atoms with van der Waals surface area (Å²) in [5, 5.41) is 0.563. The topological polar surface area (TPSA) is 38.8 Å². The molecule has 0 aliphatic carbocycles. The van der Waals surface area contributed by atoms with Crippen LogP contribution in [0.1, 0.15) is 42.1 Å². The zero-order valence-electron chi connectivity index (χ0n) is 18.3. The van der Waals surface area contributed by atoms with Crippen LogP contribution in [-0.4, -0.2) is 19.1 Å². The van der Waals surface area contributed by atoms with Gasteiger partial charge in [0.2, 0.25) is 5.91 Å². The largest absolute Gasteiger partial charge is 0.490 e. The van der Waals surface area contributed by atoms with Crippen LogP contribution in [0.2, 0.25) is 5.02 Å². The maximum Gasteiger partial charge on any atom is 0.232 e. The average molecular weight is 454 g/mol. The number of nitrogens with zero attached hydrogens (tertiary/aromatic N) is 1. The fourth-order valence-electron chi connectivity index (χ4n) is 4.12. The summed E-state index contributed by atoms with van der Waals surface area (Å²) >= 11 is 6.31. The van der Waals surface area contributed by atoms with Gasteiger partial charge in [-0.3, -0.25) is 4.79 Å². The number of anilines is 1. The summed E-state index contributed by atoms with van der Waals surface area (Å²) in [7, 11) is 0. The van der Waals surface area contributed by atoms with Gasteiger partial charge in [0, 0.05) is 10.7 Å². The lowest BCUT2D eigenvalue weighted by atomic mass is 9.86. The van der Waals surface area contributed by atoms with E-state index in [2.05, 4.69) is 0 Å². The Morgan fingerprint density at radius 1 is 1.03 bits per heavy atom. The SMILES string of the molecule is CCOc1cc2c(cc1OCC)C(c1cccc(Cl)c1)N(c1ccc(C)c(F)c1)C(=O)C2. The molecule has 1 amide bonds. The third-order valence-corrected chi connectivity index (χ3v) is 5.80. The summed E-state index contributed by atoms with van der Waals surface area (Å²) in [5.74, 6) is 0.745. The van der Waals surface area contributed by atoms with E-state index in [1.807, 2.05) is 44.2 Å². The van der Waals surface area contributed by atoms with Crippen LogP contribution < -0.4 is 14.4 Å². The second kappa shape index (κ2) is 9.21. The van der Waals surface area contributed by atoms with Crippen LogP contribution in [0.4, 0.5) is 10.1 Å². The van der Waals surface area contributed by atoms with Crippen molar-refractivity contribution in [3.8, 4) is 11.5 Å². The van der Waals surface area contributed by atoms with Gasteiger partial charge in [-0.2, -0.15) is 0 Å². The molecule has 0 N–H and O–H groups in total. The molecule has 3 aromatic rings. The molecule has 1 heterocycles. The molecule has 0 bridgehead atoms. The molecule has 0 radical (unpaired) electrons. The first kappa shape index (κ1) is 22.2. The Kier molecular flexibility index (Phi) is 6.38. The Hall–Kier alpha value is -3.05. The number of hydrogen-bond donors (Lipinski definition) is 0. The molecular weight excluding hydrogens is 429 g/mol. The second-order valence-electron chi connectivity index (χ2n) is 7.70. The van der Waals surface area contributed by atoms with Crippen LogP contribution in [0.3, 0.4) is 0 Å². The number of benzene rings is 3. The maximum absolute atomic E-state index is 14.5. The van der Waals surface area contributed by atoms with E-state index >= 15 is 0 Å². The van der Waals surface area contributed by atoms with Crippen molar-refractivity contribution in [2.75, 3.05) is 18.1 Å². The fourth-order valence-corrected chi connectivity index (χ4v) is 4.32. The third-order valence-electron chi connectivity index (χ3n) is 5.57. The van der Waals surface area contributed by atoms with Crippen molar-refractivity contribution in [3.63, 3.8) is 0 Å². The predicted octanol–water partition coefficient (Wildman–Crippen LogP) is 6.26. The van der Waals surface area contributed by atoms with E-state index in [1.165, 1.54) is 6.07 Å². The summed E-state index contributed by atoms with van der Waals surface area (Å²) in [6, 6.07) is 15.6. The number of aryl methyl sites for hydroxylation is 1. The van der Waals surface area contributed by atoms with Gasteiger partial charge >= 0.3 is 0 Å². The van der Waals surface area contributed by atoms with Crippen LogP contribution >= 0.6 is 11.6 Å². The van der Waals surface area contributed by atoms with E-state index in [-0.39, 0.29) is 18.1 Å². The van der Waals surface area contributed by atoms with E-state index in [0.29, 0.717) is 41.0 Å². The molecule has 1 unspecified atom stereocenters. The molecule has 0 saturated carbocycles. The van der Waals surface area contributed by atoms with Gasteiger partial charge in [0.05, 0.1) is 25.7 Å². The van der Waals surface area contributed by atoms with Gasteiger partial charge in [0.25, 0.3) is 0 Å². The number of carbonyl (C=O) groups is 1. The summed E-state index contributed by atoms with van der Waals surface area (Å²) in [6.45, 7) is 6.48. The molecule has 166 valence electrons. The molecule has 3 aromatic carbocycles. The molecule has 0 saturated heterocycles. The molecule has 1 aliphatic heterocycles. The number of halogens is 2. The van der Waals surface area contributed by atoms with Crippen molar-refractivity contribution in [2.45, 2.75) is 33.2 Å². The highest BCUT2D eigenvalue weighted by molar-refractivity contribution is 6.30. The summed E-state index contributed by atoms with van der Waals surface area (Å²) < 4.78 is 26.1. The average Bonchev–Trinajstić information content (AvgIpc) is 2.76. The number of rotatable bonds is 6. The molecule has 0 spiro atoms. The first-order valence-electron chi connectivity index (χ1n) is 10.7. The number of fused-ring (bicyclic) bond motifs is 1. The minimum atomic E-state index is -0.484. The Bertz CT molecular complexity index is 1160. The fraction of sp³-hybridized carbons (Fsp3) is 0.269. The zero-order chi connectivity index (χ0) is 22.8. The first-order valence-corrected chi connectivity index (χ1v) is 11.1. The number of carbonyl (C=O) groups excluding carboxylic acids is 1. The van der Waals surface area contributed by atoms with E-state index in [4.69, 9.17) is 21.1 Å². The number of amides is 1. The van der Waals surface area contributed by atoms with E-state index < -0.39 is 6.04 Å². The van der Waals surface area contributed by atoms with Gasteiger partial charge in [-0.15, -0.1) is 0 Å². The monoisotopic (exact) mass is 453 g/mol. The van der Waals surface area contributed by atoms with Gasteiger partial charge in [0.15, 0.2) is 11.5 Å². The van der Waals surface area contributed by atoms with Crippen molar-refractivity contribution < 1.29 is 18.7 Å². The molecule has 32 heavy (non-hydrogen) atoms. The zero-order valence-corrected chi connectivity index (χ0v) is 19.1. The molecule has 4 nitrogen and oxygen atoms in total. The Balaban J connectivity index is 1.94. The summed E-state index contributed by atoms with van der Waals surface area (Å²) in [4.78, 5) is 15.0. The van der Waals surface area contributed by atoms with Crippen LogP contribution in [0.5, 0.6) is 11.5 Å². The molecule has 0 fully saturated rings. The van der Waals surface area contributed by atoms with E-state index in [9.17, 15) is 9.18 Å². The van der Waals surface area contributed by atoms with Crippen LogP contribution in [0, 0.1) is 12.7 Å². The lowest BCUT2D eigenvalue weighted by Crippen LogP contribution is -2.41. The normalized spacial score (nSPS) is 15.5. The molecule has 6 heteroatoms. The van der Waals surface area contributed by atoms with Crippen molar-refractivity contribution in [2.24, 2.45) is 0 Å². The van der Waals surface area contributed by atoms with E-state index in [1.54, 1.807) is 30.0 Å². The lowest BCUT2D eigenvalue weighted by molar-refractivity contribution is -0.118. The number of ether oxygens (including phenoxy) is 2. The Morgan fingerprint density at radius 3 is 2.41 bits per heavy atom. The highest BCUT2D eigenvalue weighted by Crippen LogP contribution is 2.44. The quantitative estimate of drug-likeness (QED) is 0.442. The molecule has 1 aliphatic rings. The highest BCUT2D eigenvalue weighted by atomic mass is 35.5. The first-order chi connectivity index (χ1) is 15.4. The molecule has 1 atom stereocenters. The lowest BCUT2D eigenvalue weighted by Gasteiger charge is -2.38. The standard InChI is InChI=1S/C26H25ClFNO3/c1-4-31-23-12-18-13-25(30)29(20-10-9-16(3)22(28)14-20)26(17-7-6-8-19(27)11-17)21(18)15-24(23)32-5-2/h6-12,14-15,26H,4-5,13H2,1-3H3. The highest BCUT2D eigenvalue weighted by Gasteiger charge is 2.36. The van der Waals surface area contributed by atoms with Crippen molar-refractivity contribution in [1.82, 2.24) is 0 Å². The molecule has 4 rings (SSSR count). The van der Waals surface area contributed by atoms with Crippen molar-refractivity contribution in [1.29, 1.82) is 0 Å².